The molecule has 2 atom stereocenters. The zero-order valence-corrected chi connectivity index (χ0v) is 20.2. The van der Waals surface area contributed by atoms with Crippen molar-refractivity contribution in [2.45, 2.75) is 51.3 Å². The van der Waals surface area contributed by atoms with Crippen LogP contribution in [-0.4, -0.2) is 47.7 Å². The van der Waals surface area contributed by atoms with Crippen LogP contribution in [0, 0.1) is 24.2 Å². The topological polar surface area (TPSA) is 102 Å². The number of nitrogens with zero attached hydrogens (tertiary/aromatic N) is 7. The predicted molar refractivity (Wildman–Crippen MR) is 132 cm³/mol. The number of hydrogen-bond acceptors (Lipinski definition) is 6. The molecule has 0 radical (unpaired) electrons. The van der Waals surface area contributed by atoms with Crippen LogP contribution in [0.4, 0.5) is 4.79 Å². The summed E-state index contributed by atoms with van der Waals surface area (Å²) in [7, 11) is 0. The van der Waals surface area contributed by atoms with Crippen LogP contribution in [0.1, 0.15) is 42.5 Å². The highest BCUT2D eigenvalue weighted by Crippen LogP contribution is 2.41. The number of aryl methyl sites for hydroxylation is 1. The molecule has 1 aliphatic carbocycles. The number of nitriles is 1. The van der Waals surface area contributed by atoms with E-state index in [1.54, 1.807) is 15.6 Å². The molecular formula is C27H27N7O2. The molecule has 3 heterocycles. The molecule has 1 amide bonds. The Morgan fingerprint density at radius 2 is 2.17 bits per heavy atom. The molecule has 0 N–H and O–H groups in total. The van der Waals surface area contributed by atoms with Gasteiger partial charge in [-0.15, -0.1) is 5.10 Å². The van der Waals surface area contributed by atoms with Crippen molar-refractivity contribution in [1.82, 2.24) is 29.4 Å². The maximum Gasteiger partial charge on any atom is 0.410 e. The third kappa shape index (κ3) is 4.19. The highest BCUT2D eigenvalue weighted by Gasteiger charge is 2.48. The fraction of sp³-hybridized carbons (Fsp3) is 0.370. The Hall–Kier alpha value is -4.19. The standard InChI is InChI=1S/C27H27N7O2/c1-19-4-2-6-23(10-19)34-16-22(30-31-34)15-32-17-27(36-26(32)35)9-3-5-21(12-27)14-33-18-29-24-8-7-20(13-28)11-25(24)33/h2,4,6-8,10-11,16,18,21H,3,5,9,12,14-15,17H2,1H3. The van der Waals surface area contributed by atoms with Gasteiger partial charge in [0.25, 0.3) is 0 Å². The molecule has 9 heteroatoms. The van der Waals surface area contributed by atoms with Crippen molar-refractivity contribution in [1.29, 1.82) is 5.26 Å². The van der Waals surface area contributed by atoms with Gasteiger partial charge < -0.3 is 9.30 Å². The summed E-state index contributed by atoms with van der Waals surface area (Å²) in [6.45, 7) is 3.76. The number of benzene rings is 2. The lowest BCUT2D eigenvalue weighted by atomic mass is 9.78. The Kier molecular flexibility index (Phi) is 5.44. The largest absolute Gasteiger partial charge is 0.441 e. The SMILES string of the molecule is Cc1cccc(-n2cc(CN3CC4(CCCC(Cn5cnc6ccc(C#N)cc65)C4)OC3=O)nn2)c1. The van der Waals surface area contributed by atoms with Gasteiger partial charge in [0.2, 0.25) is 0 Å². The Bertz CT molecular complexity index is 1480. The molecule has 1 spiro atoms. The van der Waals surface area contributed by atoms with E-state index in [9.17, 15) is 10.1 Å². The van der Waals surface area contributed by atoms with Gasteiger partial charge in [-0.2, -0.15) is 5.26 Å². The van der Waals surface area contributed by atoms with Crippen molar-refractivity contribution in [3.05, 3.63) is 71.8 Å². The zero-order valence-electron chi connectivity index (χ0n) is 20.2. The van der Waals surface area contributed by atoms with Crippen LogP contribution in [0.5, 0.6) is 0 Å². The minimum atomic E-state index is -0.471. The van der Waals surface area contributed by atoms with Gasteiger partial charge in [-0.3, -0.25) is 4.90 Å². The lowest BCUT2D eigenvalue weighted by molar-refractivity contribution is 0.00415. The normalized spacial score (nSPS) is 21.7. The van der Waals surface area contributed by atoms with Crippen molar-refractivity contribution >= 4 is 17.1 Å². The number of ether oxygens (including phenoxy) is 1. The molecular weight excluding hydrogens is 454 g/mol. The summed E-state index contributed by atoms with van der Waals surface area (Å²) in [6.07, 6.45) is 7.18. The number of hydrogen-bond donors (Lipinski definition) is 0. The summed E-state index contributed by atoms with van der Waals surface area (Å²) >= 11 is 0. The zero-order chi connectivity index (χ0) is 24.7. The van der Waals surface area contributed by atoms with E-state index in [0.29, 0.717) is 24.6 Å². The van der Waals surface area contributed by atoms with E-state index < -0.39 is 5.60 Å². The van der Waals surface area contributed by atoms with E-state index in [-0.39, 0.29) is 6.09 Å². The Morgan fingerprint density at radius 1 is 1.25 bits per heavy atom. The van der Waals surface area contributed by atoms with Crippen LogP contribution < -0.4 is 0 Å². The van der Waals surface area contributed by atoms with Crippen LogP contribution in [-0.2, 0) is 17.8 Å². The van der Waals surface area contributed by atoms with Gasteiger partial charge in [0.15, 0.2) is 0 Å². The molecule has 1 aliphatic heterocycles. The second-order valence-corrected chi connectivity index (χ2v) is 10.1. The first-order valence-corrected chi connectivity index (χ1v) is 12.3. The monoisotopic (exact) mass is 481 g/mol. The number of rotatable bonds is 5. The van der Waals surface area contributed by atoms with Crippen molar-refractivity contribution in [2.24, 2.45) is 5.92 Å². The molecule has 36 heavy (non-hydrogen) atoms. The van der Waals surface area contributed by atoms with Crippen molar-refractivity contribution in [3.63, 3.8) is 0 Å². The second kappa shape index (κ2) is 8.79. The molecule has 2 unspecified atom stereocenters. The molecule has 1 saturated carbocycles. The number of fused-ring (bicyclic) bond motifs is 1. The molecule has 4 aromatic rings. The van der Waals surface area contributed by atoms with E-state index in [1.165, 1.54) is 0 Å². The molecule has 1 saturated heterocycles. The Morgan fingerprint density at radius 3 is 3.03 bits per heavy atom. The molecule has 6 rings (SSSR count). The second-order valence-electron chi connectivity index (χ2n) is 10.1. The predicted octanol–water partition coefficient (Wildman–Crippen LogP) is 4.38. The van der Waals surface area contributed by atoms with E-state index >= 15 is 0 Å². The maximum atomic E-state index is 12.8. The van der Waals surface area contributed by atoms with Crippen LogP contribution in [0.25, 0.3) is 16.7 Å². The molecule has 0 bridgehead atoms. The number of carbonyl (C=O) groups excluding carboxylic acids is 1. The van der Waals surface area contributed by atoms with Gasteiger partial charge in [0.1, 0.15) is 11.3 Å². The van der Waals surface area contributed by atoms with Crippen LogP contribution in [0.15, 0.2) is 55.0 Å². The molecule has 2 aromatic carbocycles. The molecule has 2 aliphatic rings. The molecule has 182 valence electrons. The van der Waals surface area contributed by atoms with Crippen LogP contribution >= 0.6 is 0 Å². The lowest BCUT2D eigenvalue weighted by Crippen LogP contribution is -2.40. The van der Waals surface area contributed by atoms with Crippen LogP contribution in [0.3, 0.4) is 0 Å². The van der Waals surface area contributed by atoms with Gasteiger partial charge in [-0.1, -0.05) is 17.3 Å². The summed E-state index contributed by atoms with van der Waals surface area (Å²) in [4.78, 5) is 19.1. The quantitative estimate of drug-likeness (QED) is 0.419. The van der Waals surface area contributed by atoms with Gasteiger partial charge in [0.05, 0.1) is 54.0 Å². The van der Waals surface area contributed by atoms with Crippen molar-refractivity contribution in [3.8, 4) is 11.8 Å². The van der Waals surface area contributed by atoms with E-state index in [4.69, 9.17) is 4.74 Å². The molecule has 2 aromatic heterocycles. The average Bonchev–Trinajstić information content (AvgIpc) is 3.57. The van der Waals surface area contributed by atoms with E-state index in [1.807, 2.05) is 55.8 Å². The number of imidazole rings is 1. The third-order valence-electron chi connectivity index (χ3n) is 7.31. The highest BCUT2D eigenvalue weighted by molar-refractivity contribution is 5.77. The minimum absolute atomic E-state index is 0.285. The average molecular weight is 482 g/mol. The summed E-state index contributed by atoms with van der Waals surface area (Å²) in [6, 6.07) is 15.8. The number of carbonyl (C=O) groups is 1. The first-order chi connectivity index (χ1) is 17.5. The fourth-order valence-corrected chi connectivity index (χ4v) is 5.66. The minimum Gasteiger partial charge on any atom is -0.441 e. The Balaban J connectivity index is 1.14. The van der Waals surface area contributed by atoms with Gasteiger partial charge in [0, 0.05) is 6.54 Å². The summed E-state index contributed by atoms with van der Waals surface area (Å²) in [5.74, 6) is 0.358. The van der Waals surface area contributed by atoms with E-state index in [2.05, 4.69) is 25.9 Å². The number of aromatic nitrogens is 5. The first-order valence-electron chi connectivity index (χ1n) is 12.3. The molecule has 2 fully saturated rings. The third-order valence-corrected chi connectivity index (χ3v) is 7.31. The first kappa shape index (κ1) is 22.3. The highest BCUT2D eigenvalue weighted by atomic mass is 16.6. The maximum absolute atomic E-state index is 12.8. The summed E-state index contributed by atoms with van der Waals surface area (Å²) in [5, 5.41) is 17.8. The lowest BCUT2D eigenvalue weighted by Gasteiger charge is -2.36. The summed E-state index contributed by atoms with van der Waals surface area (Å²) < 4.78 is 9.88. The van der Waals surface area contributed by atoms with Crippen LogP contribution in [0.2, 0.25) is 0 Å². The molecule has 9 nitrogen and oxygen atoms in total. The van der Waals surface area contributed by atoms with Crippen molar-refractivity contribution < 1.29 is 9.53 Å². The smallest absolute Gasteiger partial charge is 0.410 e. The van der Waals surface area contributed by atoms with Crippen molar-refractivity contribution in [2.75, 3.05) is 6.54 Å². The van der Waals surface area contributed by atoms with Gasteiger partial charge >= 0.3 is 6.09 Å². The summed E-state index contributed by atoms with van der Waals surface area (Å²) in [5.41, 5.74) is 4.84. The van der Waals surface area contributed by atoms with Gasteiger partial charge in [-0.25, -0.2) is 14.5 Å². The number of amides is 1. The fourth-order valence-electron chi connectivity index (χ4n) is 5.66. The van der Waals surface area contributed by atoms with E-state index in [0.717, 1.165) is 60.2 Å². The van der Waals surface area contributed by atoms with Gasteiger partial charge in [-0.05, 0) is 74.4 Å². The Labute approximate surface area is 208 Å².